The number of aliphatic hydroxyl groups excluding tert-OH is 1. The number of halogens is 1. The van der Waals surface area contributed by atoms with Crippen LogP contribution < -0.4 is 5.32 Å². The first kappa shape index (κ1) is 19.9. The fraction of sp³-hybridized carbons (Fsp3) is 0.190. The van der Waals surface area contributed by atoms with Gasteiger partial charge in [0, 0.05) is 30.2 Å². The lowest BCUT2D eigenvalue weighted by Gasteiger charge is -2.15. The highest BCUT2D eigenvalue weighted by Gasteiger charge is 2.34. The highest BCUT2D eigenvalue weighted by Crippen LogP contribution is 2.27. The van der Waals surface area contributed by atoms with Crippen molar-refractivity contribution in [1.29, 1.82) is 0 Å². The van der Waals surface area contributed by atoms with Crippen LogP contribution in [0.4, 0.5) is 5.69 Å². The Kier molecular flexibility index (Phi) is 5.43. The number of pyridine rings is 1. The fourth-order valence-electron chi connectivity index (χ4n) is 3.35. The summed E-state index contributed by atoms with van der Waals surface area (Å²) in [5.41, 5.74) is 3.32. The molecule has 3 aromatic rings. The van der Waals surface area contributed by atoms with Gasteiger partial charge in [0.25, 0.3) is 5.91 Å². The molecule has 1 aromatic carbocycles. The number of β-amino-alcohol motifs (C(OH)–C–C–N with tert-alkyl or cyclic N) is 1. The number of ether oxygens (including phenoxy) is 1. The van der Waals surface area contributed by atoms with E-state index in [1.165, 1.54) is 12.0 Å². The van der Waals surface area contributed by atoms with Crippen LogP contribution >= 0.6 is 11.6 Å². The van der Waals surface area contributed by atoms with Gasteiger partial charge in [-0.15, -0.1) is 0 Å². The van der Waals surface area contributed by atoms with Crippen LogP contribution in [0.2, 0.25) is 5.02 Å². The lowest BCUT2D eigenvalue weighted by Crippen LogP contribution is -2.31. The van der Waals surface area contributed by atoms with Crippen LogP contribution in [-0.2, 0) is 14.3 Å². The SMILES string of the molecule is COC(=O)C1=C(Nc2cccc(-c3cn4cc(Cl)ccc4n3)c2)C(=O)N(CCO)C1. The first-order valence-electron chi connectivity index (χ1n) is 9.23. The Morgan fingerprint density at radius 2 is 2.13 bits per heavy atom. The number of hydrogen-bond acceptors (Lipinski definition) is 6. The van der Waals surface area contributed by atoms with Crippen LogP contribution in [0.25, 0.3) is 16.9 Å². The molecule has 0 bridgehead atoms. The lowest BCUT2D eigenvalue weighted by atomic mass is 10.1. The molecule has 8 nitrogen and oxygen atoms in total. The average molecular weight is 427 g/mol. The molecular weight excluding hydrogens is 408 g/mol. The lowest BCUT2D eigenvalue weighted by molar-refractivity contribution is -0.136. The number of aromatic nitrogens is 2. The zero-order valence-electron chi connectivity index (χ0n) is 16.1. The van der Waals surface area contributed by atoms with Gasteiger partial charge in [-0.3, -0.25) is 4.79 Å². The minimum Gasteiger partial charge on any atom is -0.466 e. The Morgan fingerprint density at radius 3 is 2.90 bits per heavy atom. The van der Waals surface area contributed by atoms with E-state index >= 15 is 0 Å². The Hall–Kier alpha value is -3.36. The number of amides is 1. The summed E-state index contributed by atoms with van der Waals surface area (Å²) in [6.07, 6.45) is 3.64. The van der Waals surface area contributed by atoms with E-state index in [4.69, 9.17) is 16.3 Å². The number of hydrogen-bond donors (Lipinski definition) is 2. The summed E-state index contributed by atoms with van der Waals surface area (Å²) in [5.74, 6) is -0.947. The number of aliphatic hydroxyl groups is 1. The van der Waals surface area contributed by atoms with Gasteiger partial charge in [0.05, 0.1) is 36.6 Å². The van der Waals surface area contributed by atoms with Crippen LogP contribution in [-0.4, -0.2) is 58.1 Å². The van der Waals surface area contributed by atoms with E-state index in [0.29, 0.717) is 10.7 Å². The van der Waals surface area contributed by atoms with Crippen LogP contribution in [0.15, 0.2) is 60.1 Å². The van der Waals surface area contributed by atoms with Crippen molar-refractivity contribution >= 4 is 34.8 Å². The minimum absolute atomic E-state index is 0.0846. The van der Waals surface area contributed by atoms with Crippen molar-refractivity contribution in [3.8, 4) is 11.3 Å². The van der Waals surface area contributed by atoms with Crippen molar-refractivity contribution in [1.82, 2.24) is 14.3 Å². The third-order valence-electron chi connectivity index (χ3n) is 4.80. The van der Waals surface area contributed by atoms with Gasteiger partial charge in [-0.25, -0.2) is 9.78 Å². The fourth-order valence-corrected chi connectivity index (χ4v) is 3.52. The second-order valence-corrected chi connectivity index (χ2v) is 7.18. The monoisotopic (exact) mass is 426 g/mol. The highest BCUT2D eigenvalue weighted by atomic mass is 35.5. The van der Waals surface area contributed by atoms with E-state index in [1.807, 2.05) is 34.9 Å². The number of imidazole rings is 1. The van der Waals surface area contributed by atoms with Crippen molar-refractivity contribution in [3.63, 3.8) is 0 Å². The second-order valence-electron chi connectivity index (χ2n) is 6.74. The third kappa shape index (κ3) is 3.74. The maximum atomic E-state index is 12.7. The van der Waals surface area contributed by atoms with Crippen LogP contribution in [0.3, 0.4) is 0 Å². The molecule has 154 valence electrons. The molecule has 2 aromatic heterocycles. The number of nitrogens with zero attached hydrogens (tertiary/aromatic N) is 3. The number of nitrogens with one attached hydrogen (secondary N) is 1. The quantitative estimate of drug-likeness (QED) is 0.587. The van der Waals surface area contributed by atoms with Crippen molar-refractivity contribution < 1.29 is 19.4 Å². The summed E-state index contributed by atoms with van der Waals surface area (Å²) in [6.45, 7) is 0.0243. The van der Waals surface area contributed by atoms with E-state index in [9.17, 15) is 14.7 Å². The standard InChI is InChI=1S/C21H19ClN4O4/c1-30-21(29)16-11-25(7-8-27)20(28)19(16)23-15-4-2-3-13(9-15)17-12-26-10-14(22)5-6-18(26)24-17/h2-6,9-10,12,23,27H,7-8,11H2,1H3. The number of carbonyl (C=O) groups excluding carboxylic acids is 2. The third-order valence-corrected chi connectivity index (χ3v) is 5.02. The van der Waals surface area contributed by atoms with Crippen molar-refractivity contribution in [2.24, 2.45) is 0 Å². The van der Waals surface area contributed by atoms with E-state index in [-0.39, 0.29) is 36.9 Å². The molecule has 30 heavy (non-hydrogen) atoms. The number of esters is 1. The molecule has 0 spiro atoms. The molecule has 9 heteroatoms. The number of fused-ring (bicyclic) bond motifs is 1. The summed E-state index contributed by atoms with van der Waals surface area (Å²) in [5, 5.41) is 12.8. The Balaban J connectivity index is 1.66. The van der Waals surface area contributed by atoms with Gasteiger partial charge in [-0.1, -0.05) is 23.7 Å². The van der Waals surface area contributed by atoms with E-state index in [1.54, 1.807) is 18.3 Å². The number of benzene rings is 1. The number of methoxy groups -OCH3 is 1. The van der Waals surface area contributed by atoms with Crippen molar-refractivity contribution in [2.75, 3.05) is 32.1 Å². The smallest absolute Gasteiger partial charge is 0.337 e. The molecule has 1 amide bonds. The minimum atomic E-state index is -0.584. The predicted octanol–water partition coefficient (Wildman–Crippen LogP) is 2.33. The second kappa shape index (κ2) is 8.17. The summed E-state index contributed by atoms with van der Waals surface area (Å²) >= 11 is 6.04. The number of anilines is 1. The van der Waals surface area contributed by atoms with Crippen LogP contribution in [0.1, 0.15) is 0 Å². The van der Waals surface area contributed by atoms with Crippen molar-refractivity contribution in [3.05, 3.63) is 65.1 Å². The molecule has 0 saturated heterocycles. The molecule has 1 aliphatic heterocycles. The van der Waals surface area contributed by atoms with Gasteiger partial charge in [0.2, 0.25) is 0 Å². The van der Waals surface area contributed by atoms with E-state index < -0.39 is 5.97 Å². The van der Waals surface area contributed by atoms with Gasteiger partial charge in [0.1, 0.15) is 11.3 Å². The normalized spacial score (nSPS) is 14.0. The molecule has 3 heterocycles. The van der Waals surface area contributed by atoms with Crippen LogP contribution in [0, 0.1) is 0 Å². The molecule has 0 aliphatic carbocycles. The zero-order chi connectivity index (χ0) is 21.3. The van der Waals surface area contributed by atoms with Gasteiger partial charge in [-0.2, -0.15) is 0 Å². The summed E-state index contributed by atoms with van der Waals surface area (Å²) in [6, 6.07) is 11.0. The largest absolute Gasteiger partial charge is 0.466 e. The summed E-state index contributed by atoms with van der Waals surface area (Å²) < 4.78 is 6.65. The predicted molar refractivity (Wildman–Crippen MR) is 112 cm³/mol. The molecule has 0 unspecified atom stereocenters. The molecule has 0 radical (unpaired) electrons. The first-order valence-corrected chi connectivity index (χ1v) is 9.61. The summed E-state index contributed by atoms with van der Waals surface area (Å²) in [4.78, 5) is 30.8. The number of carbonyl (C=O) groups is 2. The molecule has 2 N–H and O–H groups in total. The molecule has 1 aliphatic rings. The number of rotatable bonds is 6. The molecule has 0 fully saturated rings. The van der Waals surface area contributed by atoms with Gasteiger partial charge in [-0.05, 0) is 24.3 Å². The van der Waals surface area contributed by atoms with Crippen molar-refractivity contribution in [2.45, 2.75) is 0 Å². The Bertz CT molecular complexity index is 1170. The van der Waals surface area contributed by atoms with Gasteiger partial charge >= 0.3 is 5.97 Å². The summed E-state index contributed by atoms with van der Waals surface area (Å²) in [7, 11) is 1.27. The Labute approximate surface area is 177 Å². The topological polar surface area (TPSA) is 96.2 Å². The van der Waals surface area contributed by atoms with E-state index in [2.05, 4.69) is 10.3 Å². The Morgan fingerprint density at radius 1 is 1.30 bits per heavy atom. The highest BCUT2D eigenvalue weighted by molar-refractivity contribution is 6.30. The zero-order valence-corrected chi connectivity index (χ0v) is 16.9. The maximum Gasteiger partial charge on any atom is 0.337 e. The first-order chi connectivity index (χ1) is 14.5. The average Bonchev–Trinajstić information content (AvgIpc) is 3.30. The maximum absolute atomic E-state index is 12.7. The van der Waals surface area contributed by atoms with Gasteiger partial charge in [0.15, 0.2) is 0 Å². The van der Waals surface area contributed by atoms with Gasteiger partial charge < -0.3 is 24.5 Å². The molecule has 4 rings (SSSR count). The molecule has 0 saturated carbocycles. The molecular formula is C21H19ClN4O4. The van der Waals surface area contributed by atoms with E-state index in [0.717, 1.165) is 16.9 Å². The van der Waals surface area contributed by atoms with Crippen LogP contribution in [0.5, 0.6) is 0 Å². The molecule has 0 atom stereocenters.